The molecule has 2 heterocycles. The minimum absolute atomic E-state index is 0.335. The lowest BCUT2D eigenvalue weighted by Gasteiger charge is -2.02. The standard InChI is InChI=1S/C9H10ClN3OS/c1-2-4-13-8(11-12-9(13)15)6-3-5-14-7(6)10/h3,5H,2,4H2,1H3,(H,12,15). The number of nitrogens with one attached hydrogen (secondary N) is 1. The Balaban J connectivity index is 2.54. The third-order valence-electron chi connectivity index (χ3n) is 2.06. The Labute approximate surface area is 96.9 Å². The summed E-state index contributed by atoms with van der Waals surface area (Å²) in [4.78, 5) is 0. The molecule has 0 aliphatic carbocycles. The van der Waals surface area contributed by atoms with Gasteiger partial charge < -0.3 is 8.98 Å². The lowest BCUT2D eigenvalue weighted by molar-refractivity contribution is 0.569. The van der Waals surface area contributed by atoms with Crippen LogP contribution in [0.1, 0.15) is 13.3 Å². The average molecular weight is 244 g/mol. The molecule has 0 unspecified atom stereocenters. The molecule has 2 aromatic rings. The maximum absolute atomic E-state index is 5.89. The fourth-order valence-corrected chi connectivity index (χ4v) is 1.83. The Kier molecular flexibility index (Phi) is 2.93. The summed E-state index contributed by atoms with van der Waals surface area (Å²) in [7, 11) is 0. The monoisotopic (exact) mass is 243 g/mol. The first-order chi connectivity index (χ1) is 7.24. The third-order valence-corrected chi connectivity index (χ3v) is 2.67. The van der Waals surface area contributed by atoms with E-state index in [9.17, 15) is 0 Å². The molecule has 0 spiro atoms. The van der Waals surface area contributed by atoms with Crippen molar-refractivity contribution in [3.05, 3.63) is 22.3 Å². The lowest BCUT2D eigenvalue weighted by Crippen LogP contribution is -1.99. The molecule has 0 radical (unpaired) electrons. The Hall–Kier alpha value is -1.07. The summed E-state index contributed by atoms with van der Waals surface area (Å²) < 4.78 is 7.54. The highest BCUT2D eigenvalue weighted by Crippen LogP contribution is 2.27. The van der Waals surface area contributed by atoms with Gasteiger partial charge in [0.1, 0.15) is 0 Å². The molecule has 0 saturated heterocycles. The largest absolute Gasteiger partial charge is 0.452 e. The van der Waals surface area contributed by atoms with Crippen LogP contribution in [0.4, 0.5) is 0 Å². The van der Waals surface area contributed by atoms with Gasteiger partial charge in [0.05, 0.1) is 11.8 Å². The van der Waals surface area contributed by atoms with Crippen LogP contribution in [0.2, 0.25) is 5.22 Å². The molecular formula is C9H10ClN3OS. The second kappa shape index (κ2) is 4.20. The Morgan fingerprint density at radius 3 is 3.07 bits per heavy atom. The molecule has 0 bridgehead atoms. The second-order valence-corrected chi connectivity index (χ2v) is 3.84. The van der Waals surface area contributed by atoms with Gasteiger partial charge in [-0.1, -0.05) is 6.92 Å². The van der Waals surface area contributed by atoms with E-state index in [1.54, 1.807) is 6.07 Å². The molecule has 0 aliphatic rings. The average Bonchev–Trinajstić information content (AvgIpc) is 2.76. The second-order valence-electron chi connectivity index (χ2n) is 3.11. The van der Waals surface area contributed by atoms with Crippen molar-refractivity contribution < 1.29 is 4.42 Å². The van der Waals surface area contributed by atoms with Gasteiger partial charge in [-0.3, -0.25) is 5.10 Å². The van der Waals surface area contributed by atoms with E-state index in [2.05, 4.69) is 17.1 Å². The predicted octanol–water partition coefficient (Wildman–Crippen LogP) is 3.26. The van der Waals surface area contributed by atoms with Crippen LogP contribution in [-0.4, -0.2) is 14.8 Å². The molecule has 15 heavy (non-hydrogen) atoms. The van der Waals surface area contributed by atoms with Gasteiger partial charge in [0.2, 0.25) is 5.22 Å². The number of furan rings is 1. The maximum atomic E-state index is 5.89. The molecule has 2 rings (SSSR count). The minimum atomic E-state index is 0.335. The van der Waals surface area contributed by atoms with Crippen molar-refractivity contribution in [2.45, 2.75) is 19.9 Å². The van der Waals surface area contributed by atoms with Crippen molar-refractivity contribution in [1.29, 1.82) is 0 Å². The molecule has 2 aromatic heterocycles. The van der Waals surface area contributed by atoms with E-state index in [-0.39, 0.29) is 0 Å². The zero-order valence-electron chi connectivity index (χ0n) is 8.16. The summed E-state index contributed by atoms with van der Waals surface area (Å²) in [5.41, 5.74) is 0.762. The van der Waals surface area contributed by atoms with E-state index in [0.29, 0.717) is 9.99 Å². The number of rotatable bonds is 3. The van der Waals surface area contributed by atoms with E-state index in [0.717, 1.165) is 24.4 Å². The number of aromatic nitrogens is 3. The summed E-state index contributed by atoms with van der Waals surface area (Å²) in [5, 5.41) is 7.23. The number of aromatic amines is 1. The van der Waals surface area contributed by atoms with Crippen LogP contribution in [0, 0.1) is 4.77 Å². The predicted molar refractivity (Wildman–Crippen MR) is 60.4 cm³/mol. The van der Waals surface area contributed by atoms with E-state index < -0.39 is 0 Å². The molecule has 0 aliphatic heterocycles. The van der Waals surface area contributed by atoms with Crippen LogP contribution in [0.25, 0.3) is 11.4 Å². The van der Waals surface area contributed by atoms with Gasteiger partial charge in [-0.05, 0) is 36.3 Å². The smallest absolute Gasteiger partial charge is 0.204 e. The van der Waals surface area contributed by atoms with Gasteiger partial charge in [0, 0.05) is 6.54 Å². The molecular weight excluding hydrogens is 234 g/mol. The van der Waals surface area contributed by atoms with Gasteiger partial charge in [-0.25, -0.2) is 0 Å². The third kappa shape index (κ3) is 1.85. The number of hydrogen-bond donors (Lipinski definition) is 1. The number of halogens is 1. The zero-order chi connectivity index (χ0) is 10.8. The number of nitrogens with zero attached hydrogens (tertiary/aromatic N) is 2. The van der Waals surface area contributed by atoms with Crippen molar-refractivity contribution in [3.63, 3.8) is 0 Å². The Morgan fingerprint density at radius 1 is 1.67 bits per heavy atom. The Morgan fingerprint density at radius 2 is 2.47 bits per heavy atom. The van der Waals surface area contributed by atoms with Crippen LogP contribution < -0.4 is 0 Å². The summed E-state index contributed by atoms with van der Waals surface area (Å²) in [6, 6.07) is 1.78. The first-order valence-corrected chi connectivity index (χ1v) is 5.41. The first-order valence-electron chi connectivity index (χ1n) is 4.62. The fourth-order valence-electron chi connectivity index (χ4n) is 1.41. The summed E-state index contributed by atoms with van der Waals surface area (Å²) in [6.45, 7) is 2.89. The molecule has 1 N–H and O–H groups in total. The quantitative estimate of drug-likeness (QED) is 0.842. The molecule has 0 fully saturated rings. The number of hydrogen-bond acceptors (Lipinski definition) is 3. The highest BCUT2D eigenvalue weighted by molar-refractivity contribution is 7.71. The van der Waals surface area contributed by atoms with Gasteiger partial charge in [0.15, 0.2) is 10.6 Å². The van der Waals surface area contributed by atoms with Crippen molar-refractivity contribution in [3.8, 4) is 11.4 Å². The van der Waals surface area contributed by atoms with Gasteiger partial charge in [0.25, 0.3) is 0 Å². The summed E-state index contributed by atoms with van der Waals surface area (Å²) in [5.74, 6) is 0.723. The van der Waals surface area contributed by atoms with Crippen molar-refractivity contribution in [2.24, 2.45) is 0 Å². The molecule has 0 amide bonds. The fraction of sp³-hybridized carbons (Fsp3) is 0.333. The first kappa shape index (κ1) is 10.4. The molecule has 6 heteroatoms. The van der Waals surface area contributed by atoms with Crippen LogP contribution in [0.15, 0.2) is 16.7 Å². The van der Waals surface area contributed by atoms with Crippen molar-refractivity contribution in [2.75, 3.05) is 0 Å². The van der Waals surface area contributed by atoms with E-state index in [4.69, 9.17) is 28.2 Å². The summed E-state index contributed by atoms with van der Waals surface area (Å²) >= 11 is 11.0. The molecule has 0 saturated carbocycles. The van der Waals surface area contributed by atoms with Crippen molar-refractivity contribution >= 4 is 23.8 Å². The van der Waals surface area contributed by atoms with Gasteiger partial charge in [-0.15, -0.1) is 0 Å². The van der Waals surface area contributed by atoms with Crippen LogP contribution in [0.5, 0.6) is 0 Å². The van der Waals surface area contributed by atoms with E-state index in [1.165, 1.54) is 6.26 Å². The van der Waals surface area contributed by atoms with E-state index in [1.807, 2.05) is 4.57 Å². The maximum Gasteiger partial charge on any atom is 0.204 e. The molecule has 0 aromatic carbocycles. The van der Waals surface area contributed by atoms with Crippen molar-refractivity contribution in [1.82, 2.24) is 14.8 Å². The highest BCUT2D eigenvalue weighted by Gasteiger charge is 2.13. The zero-order valence-corrected chi connectivity index (χ0v) is 9.73. The minimum Gasteiger partial charge on any atom is -0.452 e. The lowest BCUT2D eigenvalue weighted by atomic mass is 10.3. The van der Waals surface area contributed by atoms with Crippen LogP contribution in [-0.2, 0) is 6.54 Å². The number of H-pyrrole nitrogens is 1. The van der Waals surface area contributed by atoms with Gasteiger partial charge >= 0.3 is 0 Å². The van der Waals surface area contributed by atoms with Crippen LogP contribution in [0.3, 0.4) is 0 Å². The highest BCUT2D eigenvalue weighted by atomic mass is 35.5. The topological polar surface area (TPSA) is 46.8 Å². The molecule has 0 atom stereocenters. The normalized spacial score (nSPS) is 10.8. The van der Waals surface area contributed by atoms with Crippen LogP contribution >= 0.6 is 23.8 Å². The Bertz CT molecular complexity index is 513. The van der Waals surface area contributed by atoms with Gasteiger partial charge in [-0.2, -0.15) is 5.10 Å². The summed E-state index contributed by atoms with van der Waals surface area (Å²) in [6.07, 6.45) is 2.52. The SMILES string of the molecule is CCCn1c(-c2ccoc2Cl)n[nH]c1=S. The molecule has 4 nitrogen and oxygen atoms in total. The molecule has 80 valence electrons. The van der Waals surface area contributed by atoms with E-state index >= 15 is 0 Å².